The lowest BCUT2D eigenvalue weighted by atomic mass is 10.3. The van der Waals surface area contributed by atoms with E-state index in [2.05, 4.69) is 19.9 Å². The second-order valence-electron chi connectivity index (χ2n) is 4.96. The molecule has 5 nitrogen and oxygen atoms in total. The first-order valence-electron chi connectivity index (χ1n) is 7.10. The number of nitrogens with one attached hydrogen (secondary N) is 1. The average Bonchev–Trinajstić information content (AvgIpc) is 3.01. The summed E-state index contributed by atoms with van der Waals surface area (Å²) < 4.78 is 0. The molecule has 0 unspecified atom stereocenters. The summed E-state index contributed by atoms with van der Waals surface area (Å²) in [5, 5.41) is 0.779. The van der Waals surface area contributed by atoms with E-state index in [4.69, 9.17) is 5.73 Å². The van der Waals surface area contributed by atoms with Crippen molar-refractivity contribution < 1.29 is 2.85 Å². The monoisotopic (exact) mass is 323 g/mol. The van der Waals surface area contributed by atoms with Gasteiger partial charge in [-0.3, -0.25) is 0 Å². The summed E-state index contributed by atoms with van der Waals surface area (Å²) in [6.07, 6.45) is 1.68. The van der Waals surface area contributed by atoms with Crippen molar-refractivity contribution in [2.45, 2.75) is 9.92 Å². The Morgan fingerprint density at radius 3 is 2.57 bits per heavy atom. The van der Waals surface area contributed by atoms with Gasteiger partial charge in [-0.25, -0.2) is 15.0 Å². The Kier molecular flexibility index (Phi) is 3.44. The molecule has 2 aromatic carbocycles. The van der Waals surface area contributed by atoms with E-state index in [0.29, 0.717) is 17.3 Å². The Morgan fingerprint density at radius 2 is 1.74 bits per heavy atom. The van der Waals surface area contributed by atoms with Gasteiger partial charge in [0, 0.05) is 7.75 Å². The highest BCUT2D eigenvalue weighted by Crippen LogP contribution is 2.29. The van der Waals surface area contributed by atoms with Crippen molar-refractivity contribution in [3.05, 3.63) is 60.8 Å². The summed E-state index contributed by atoms with van der Waals surface area (Å²) >= 11 is 1.54. The normalized spacial score (nSPS) is 11.0. The number of hydrogen-bond acceptors (Lipinski definition) is 5. The van der Waals surface area contributed by atoms with Crippen LogP contribution in [0.1, 0.15) is 2.85 Å². The summed E-state index contributed by atoms with van der Waals surface area (Å²) in [4.78, 5) is 17.8. The van der Waals surface area contributed by atoms with Crippen LogP contribution >= 0.6 is 11.8 Å². The molecule has 0 aliphatic heterocycles. The second-order valence-corrected chi connectivity index (χ2v) is 6.05. The molecule has 4 aromatic rings. The molecule has 0 atom stereocenters. The minimum absolute atomic E-state index is 0. The highest BCUT2D eigenvalue weighted by Gasteiger charge is 2.12. The molecule has 0 bridgehead atoms. The van der Waals surface area contributed by atoms with Gasteiger partial charge in [0.25, 0.3) is 0 Å². The molecular weight excluding hydrogens is 306 g/mol. The van der Waals surface area contributed by atoms with Gasteiger partial charge < -0.3 is 10.7 Å². The Labute approximate surface area is 140 Å². The van der Waals surface area contributed by atoms with Gasteiger partial charge in [-0.1, -0.05) is 42.1 Å². The highest BCUT2D eigenvalue weighted by atomic mass is 32.2. The van der Waals surface area contributed by atoms with E-state index < -0.39 is 0 Å². The van der Waals surface area contributed by atoms with Crippen LogP contribution in [0.5, 0.6) is 0 Å². The number of nitrogens with zero attached hydrogens (tertiary/aromatic N) is 3. The SMILES string of the molecule is Nc1ncc(Sc2ccccc2)nc1-c1nc2ccccc2[nH]1.[HH].[HH]. The third-order valence-electron chi connectivity index (χ3n) is 3.36. The van der Waals surface area contributed by atoms with E-state index in [1.165, 1.54) is 0 Å². The number of fused-ring (bicyclic) bond motifs is 1. The van der Waals surface area contributed by atoms with E-state index >= 15 is 0 Å². The number of rotatable bonds is 3. The molecule has 23 heavy (non-hydrogen) atoms. The van der Waals surface area contributed by atoms with Crippen molar-refractivity contribution in [3.8, 4) is 11.5 Å². The molecule has 0 amide bonds. The zero-order valence-electron chi connectivity index (χ0n) is 12.1. The lowest BCUT2D eigenvalue weighted by Gasteiger charge is -2.04. The number of nitrogen functional groups attached to an aromatic ring is 1. The first-order chi connectivity index (χ1) is 11.3. The van der Waals surface area contributed by atoms with Gasteiger partial charge >= 0.3 is 0 Å². The Balaban J connectivity index is 0.00000113. The summed E-state index contributed by atoms with van der Waals surface area (Å²) in [7, 11) is 0. The van der Waals surface area contributed by atoms with Crippen molar-refractivity contribution >= 4 is 28.6 Å². The molecule has 0 fully saturated rings. The minimum Gasteiger partial charge on any atom is -0.382 e. The van der Waals surface area contributed by atoms with Crippen molar-refractivity contribution in [1.82, 2.24) is 19.9 Å². The fourth-order valence-electron chi connectivity index (χ4n) is 2.28. The number of imidazole rings is 1. The van der Waals surface area contributed by atoms with Gasteiger partial charge in [-0.15, -0.1) is 0 Å². The molecule has 0 aliphatic carbocycles. The van der Waals surface area contributed by atoms with Crippen molar-refractivity contribution in [2.24, 2.45) is 0 Å². The van der Waals surface area contributed by atoms with E-state index in [-0.39, 0.29) is 2.85 Å². The van der Waals surface area contributed by atoms with Crippen LogP contribution in [0.2, 0.25) is 0 Å². The summed E-state index contributed by atoms with van der Waals surface area (Å²) in [6, 6.07) is 17.9. The van der Waals surface area contributed by atoms with Gasteiger partial charge in [0.15, 0.2) is 11.6 Å². The van der Waals surface area contributed by atoms with Crippen molar-refractivity contribution in [3.63, 3.8) is 0 Å². The van der Waals surface area contributed by atoms with E-state index in [1.54, 1.807) is 18.0 Å². The first kappa shape index (κ1) is 13.8. The second kappa shape index (κ2) is 5.73. The molecule has 6 heteroatoms. The zero-order valence-corrected chi connectivity index (χ0v) is 12.9. The summed E-state index contributed by atoms with van der Waals surface area (Å²) in [5.74, 6) is 0.994. The molecule has 0 spiro atoms. The smallest absolute Gasteiger partial charge is 0.161 e. The minimum atomic E-state index is 0. The maximum atomic E-state index is 5.99. The van der Waals surface area contributed by atoms with Crippen molar-refractivity contribution in [1.29, 1.82) is 0 Å². The van der Waals surface area contributed by atoms with Gasteiger partial charge in [0.05, 0.1) is 17.2 Å². The number of anilines is 1. The highest BCUT2D eigenvalue weighted by molar-refractivity contribution is 7.99. The topological polar surface area (TPSA) is 80.5 Å². The molecule has 2 heterocycles. The van der Waals surface area contributed by atoms with Crippen LogP contribution in [0.25, 0.3) is 22.6 Å². The summed E-state index contributed by atoms with van der Waals surface area (Å²) in [6.45, 7) is 0. The van der Waals surface area contributed by atoms with Crippen LogP contribution in [0, 0.1) is 0 Å². The van der Waals surface area contributed by atoms with Gasteiger partial charge in [-0.05, 0) is 24.3 Å². The zero-order chi connectivity index (χ0) is 15.6. The van der Waals surface area contributed by atoms with Gasteiger partial charge in [0.1, 0.15) is 10.7 Å². The number of para-hydroxylation sites is 2. The number of hydrogen-bond donors (Lipinski definition) is 2. The quantitative estimate of drug-likeness (QED) is 0.589. The van der Waals surface area contributed by atoms with Crippen LogP contribution in [-0.2, 0) is 0 Å². The molecule has 2 aromatic heterocycles. The fourth-order valence-corrected chi connectivity index (χ4v) is 3.06. The van der Waals surface area contributed by atoms with E-state index in [1.807, 2.05) is 54.6 Å². The number of aromatic nitrogens is 4. The largest absolute Gasteiger partial charge is 0.382 e. The molecular formula is C17H17N5S. The van der Waals surface area contributed by atoms with Crippen LogP contribution in [0.15, 0.2) is 70.7 Å². The predicted octanol–water partition coefficient (Wildman–Crippen LogP) is 4.25. The molecule has 116 valence electrons. The fraction of sp³-hybridized carbons (Fsp3) is 0. The maximum Gasteiger partial charge on any atom is 0.161 e. The molecule has 0 saturated carbocycles. The van der Waals surface area contributed by atoms with Crippen LogP contribution in [0.4, 0.5) is 5.82 Å². The number of H-pyrrole nitrogens is 1. The van der Waals surface area contributed by atoms with Crippen molar-refractivity contribution in [2.75, 3.05) is 5.73 Å². The van der Waals surface area contributed by atoms with Gasteiger partial charge in [0.2, 0.25) is 0 Å². The Morgan fingerprint density at radius 1 is 0.957 bits per heavy atom. The summed E-state index contributed by atoms with van der Waals surface area (Å²) in [5.41, 5.74) is 8.39. The molecule has 0 radical (unpaired) electrons. The lowest BCUT2D eigenvalue weighted by Crippen LogP contribution is -1.99. The maximum absolute atomic E-state index is 5.99. The third kappa shape index (κ3) is 2.76. The lowest BCUT2D eigenvalue weighted by molar-refractivity contribution is 1.05. The Hall–Kier alpha value is -2.86. The Bertz CT molecular complexity index is 942. The number of benzene rings is 2. The van der Waals surface area contributed by atoms with E-state index in [0.717, 1.165) is 21.0 Å². The third-order valence-corrected chi connectivity index (χ3v) is 4.27. The molecule has 4 rings (SSSR count). The average molecular weight is 323 g/mol. The standard InChI is InChI=1S/C17H13N5S.2H2/c18-16-15(17-20-12-8-4-5-9-13(12)21-17)22-14(10-19-16)23-11-6-2-1-3-7-11;;/h1-10H,(H2,18,19)(H,20,21);2*1H. The van der Waals surface area contributed by atoms with E-state index in [9.17, 15) is 0 Å². The molecule has 3 N–H and O–H groups in total. The molecule has 0 aliphatic rings. The van der Waals surface area contributed by atoms with Crippen LogP contribution < -0.4 is 5.73 Å². The van der Waals surface area contributed by atoms with Crippen LogP contribution in [-0.4, -0.2) is 19.9 Å². The predicted molar refractivity (Wildman–Crippen MR) is 96.3 cm³/mol. The number of aromatic amines is 1. The number of nitrogens with two attached hydrogens (primary N) is 1. The van der Waals surface area contributed by atoms with Crippen LogP contribution in [0.3, 0.4) is 0 Å². The first-order valence-corrected chi connectivity index (χ1v) is 7.92. The molecule has 0 saturated heterocycles. The van der Waals surface area contributed by atoms with Gasteiger partial charge in [-0.2, -0.15) is 0 Å².